The zero-order valence-electron chi connectivity index (χ0n) is 15.1. The number of H-pyrrole nitrogens is 1. The van der Waals surface area contributed by atoms with Crippen LogP contribution >= 0.6 is 15.9 Å². The molecule has 0 aliphatic rings. The predicted octanol–water partition coefficient (Wildman–Crippen LogP) is 7.33. The number of rotatable bonds is 3. The van der Waals surface area contributed by atoms with Gasteiger partial charge in [-0.05, 0) is 29.0 Å². The summed E-state index contributed by atoms with van der Waals surface area (Å²) in [7, 11) is 0. The first-order valence-electron chi connectivity index (χ1n) is 9.18. The van der Waals surface area contributed by atoms with Crippen molar-refractivity contribution in [1.29, 1.82) is 0 Å². The zero-order chi connectivity index (χ0) is 18.9. The second kappa shape index (κ2) is 7.10. The Hall–Kier alpha value is -3.17. The van der Waals surface area contributed by atoms with E-state index in [1.165, 1.54) is 10.8 Å². The summed E-state index contributed by atoms with van der Waals surface area (Å²) in [6.07, 6.45) is 0. The summed E-state index contributed by atoms with van der Waals surface area (Å²) >= 11 is 3.50. The van der Waals surface area contributed by atoms with Crippen molar-refractivity contribution in [2.24, 2.45) is 0 Å². The average Bonchev–Trinajstić information content (AvgIpc) is 3.20. The maximum absolute atomic E-state index is 4.99. The standard InChI is InChI=1S/C25H17BrN2/c26-22-14-12-19(13-15-22)25-27-23(18-7-2-1-3-8-18)24(28-25)21-11-10-17-6-4-5-9-20(17)16-21/h1-16H,(H,27,28). The summed E-state index contributed by atoms with van der Waals surface area (Å²) in [4.78, 5) is 8.55. The molecule has 134 valence electrons. The van der Waals surface area contributed by atoms with E-state index in [-0.39, 0.29) is 0 Å². The summed E-state index contributed by atoms with van der Waals surface area (Å²) in [5, 5.41) is 2.45. The minimum Gasteiger partial charge on any atom is -0.337 e. The molecular weight excluding hydrogens is 408 g/mol. The summed E-state index contributed by atoms with van der Waals surface area (Å²) in [6.45, 7) is 0. The van der Waals surface area contributed by atoms with E-state index in [0.717, 1.165) is 38.4 Å². The molecule has 0 atom stereocenters. The Morgan fingerprint density at radius 1 is 0.607 bits per heavy atom. The van der Waals surface area contributed by atoms with Crippen LogP contribution in [0.5, 0.6) is 0 Å². The van der Waals surface area contributed by atoms with E-state index in [1.54, 1.807) is 0 Å². The SMILES string of the molecule is Brc1ccc(-c2nc(-c3ccc4ccccc4c3)c(-c3ccccc3)[nH]2)cc1. The van der Waals surface area contributed by atoms with Crippen molar-refractivity contribution in [2.45, 2.75) is 0 Å². The number of nitrogens with one attached hydrogen (secondary N) is 1. The smallest absolute Gasteiger partial charge is 0.138 e. The second-order valence-electron chi connectivity index (χ2n) is 6.74. The number of nitrogens with zero attached hydrogens (tertiary/aromatic N) is 1. The van der Waals surface area contributed by atoms with Crippen LogP contribution in [-0.4, -0.2) is 9.97 Å². The highest BCUT2D eigenvalue weighted by Crippen LogP contribution is 2.34. The Bertz CT molecular complexity index is 1250. The molecule has 1 aromatic heterocycles. The predicted molar refractivity (Wildman–Crippen MR) is 120 cm³/mol. The highest BCUT2D eigenvalue weighted by atomic mass is 79.9. The van der Waals surface area contributed by atoms with Crippen LogP contribution in [0.3, 0.4) is 0 Å². The quantitative estimate of drug-likeness (QED) is 0.322. The van der Waals surface area contributed by atoms with E-state index >= 15 is 0 Å². The Balaban J connectivity index is 1.71. The normalized spacial score (nSPS) is 11.0. The van der Waals surface area contributed by atoms with Gasteiger partial charge in [0.25, 0.3) is 0 Å². The van der Waals surface area contributed by atoms with Crippen molar-refractivity contribution in [1.82, 2.24) is 9.97 Å². The summed E-state index contributed by atoms with van der Waals surface area (Å²) in [5.41, 5.74) is 5.30. The number of hydrogen-bond acceptors (Lipinski definition) is 1. The molecule has 28 heavy (non-hydrogen) atoms. The van der Waals surface area contributed by atoms with Gasteiger partial charge >= 0.3 is 0 Å². The second-order valence-corrected chi connectivity index (χ2v) is 7.66. The van der Waals surface area contributed by atoms with Crippen LogP contribution in [0.2, 0.25) is 0 Å². The molecule has 0 fully saturated rings. The highest BCUT2D eigenvalue weighted by molar-refractivity contribution is 9.10. The fraction of sp³-hybridized carbons (Fsp3) is 0. The molecule has 5 aromatic rings. The number of aromatic nitrogens is 2. The minimum atomic E-state index is 0.870. The van der Waals surface area contributed by atoms with Crippen molar-refractivity contribution >= 4 is 26.7 Å². The number of imidazole rings is 1. The molecule has 4 aromatic carbocycles. The topological polar surface area (TPSA) is 28.7 Å². The van der Waals surface area contributed by atoms with Crippen LogP contribution in [0.1, 0.15) is 0 Å². The lowest BCUT2D eigenvalue weighted by Crippen LogP contribution is -1.84. The number of fused-ring (bicyclic) bond motifs is 1. The molecule has 0 aliphatic carbocycles. The molecule has 0 unspecified atom stereocenters. The van der Waals surface area contributed by atoms with Crippen LogP contribution in [0, 0.1) is 0 Å². The minimum absolute atomic E-state index is 0.870. The van der Waals surface area contributed by atoms with Gasteiger partial charge in [-0.15, -0.1) is 0 Å². The molecule has 0 saturated carbocycles. The molecule has 0 aliphatic heterocycles. The van der Waals surface area contributed by atoms with Crippen LogP contribution < -0.4 is 0 Å². The molecule has 0 bridgehead atoms. The first-order chi connectivity index (χ1) is 13.8. The maximum atomic E-state index is 4.99. The maximum Gasteiger partial charge on any atom is 0.138 e. The lowest BCUT2D eigenvalue weighted by atomic mass is 10.0. The van der Waals surface area contributed by atoms with Crippen molar-refractivity contribution in [3.05, 3.63) is 102 Å². The average molecular weight is 425 g/mol. The number of benzene rings is 4. The van der Waals surface area contributed by atoms with Crippen LogP contribution in [0.25, 0.3) is 44.7 Å². The van der Waals surface area contributed by atoms with E-state index in [9.17, 15) is 0 Å². The number of halogens is 1. The summed E-state index contributed by atoms with van der Waals surface area (Å²) in [5.74, 6) is 0.870. The number of hydrogen-bond donors (Lipinski definition) is 1. The zero-order valence-corrected chi connectivity index (χ0v) is 16.6. The molecule has 2 nitrogen and oxygen atoms in total. The van der Waals surface area contributed by atoms with E-state index < -0.39 is 0 Å². The Morgan fingerprint density at radius 3 is 2.07 bits per heavy atom. The monoisotopic (exact) mass is 424 g/mol. The van der Waals surface area contributed by atoms with Gasteiger partial charge in [0.1, 0.15) is 5.82 Å². The molecule has 5 rings (SSSR count). The van der Waals surface area contributed by atoms with Gasteiger partial charge in [0, 0.05) is 21.2 Å². The van der Waals surface area contributed by atoms with Gasteiger partial charge in [-0.2, -0.15) is 0 Å². The lowest BCUT2D eigenvalue weighted by Gasteiger charge is -2.05. The van der Waals surface area contributed by atoms with Gasteiger partial charge in [-0.25, -0.2) is 4.98 Å². The third kappa shape index (κ3) is 3.14. The molecule has 0 amide bonds. The van der Waals surface area contributed by atoms with Gasteiger partial charge in [0.05, 0.1) is 11.4 Å². The molecular formula is C25H17BrN2. The summed E-state index contributed by atoms with van der Waals surface area (Å²) < 4.78 is 1.06. The molecule has 0 spiro atoms. The van der Waals surface area contributed by atoms with E-state index in [2.05, 4.69) is 99.8 Å². The molecule has 1 N–H and O–H groups in total. The highest BCUT2D eigenvalue weighted by Gasteiger charge is 2.15. The molecule has 3 heteroatoms. The molecule has 0 radical (unpaired) electrons. The largest absolute Gasteiger partial charge is 0.337 e. The van der Waals surface area contributed by atoms with Gasteiger partial charge < -0.3 is 4.98 Å². The van der Waals surface area contributed by atoms with Crippen molar-refractivity contribution in [2.75, 3.05) is 0 Å². The summed E-state index contributed by atoms with van der Waals surface area (Å²) in [6, 6.07) is 33.5. The van der Waals surface area contributed by atoms with E-state index in [1.807, 2.05) is 18.2 Å². The van der Waals surface area contributed by atoms with E-state index in [0.29, 0.717) is 0 Å². The first-order valence-corrected chi connectivity index (χ1v) is 9.98. The Kier molecular flexibility index (Phi) is 4.30. The van der Waals surface area contributed by atoms with Crippen LogP contribution in [0.15, 0.2) is 102 Å². The lowest BCUT2D eigenvalue weighted by molar-refractivity contribution is 1.31. The first kappa shape index (κ1) is 17.0. The Morgan fingerprint density at radius 2 is 1.29 bits per heavy atom. The fourth-order valence-corrected chi connectivity index (χ4v) is 3.74. The van der Waals surface area contributed by atoms with Gasteiger partial charge in [-0.3, -0.25) is 0 Å². The van der Waals surface area contributed by atoms with E-state index in [4.69, 9.17) is 4.98 Å². The van der Waals surface area contributed by atoms with Gasteiger partial charge in [-0.1, -0.05) is 94.8 Å². The van der Waals surface area contributed by atoms with Gasteiger partial charge in [0.2, 0.25) is 0 Å². The number of aromatic amines is 1. The molecule has 0 saturated heterocycles. The van der Waals surface area contributed by atoms with Gasteiger partial charge in [0.15, 0.2) is 0 Å². The van der Waals surface area contributed by atoms with Crippen LogP contribution in [-0.2, 0) is 0 Å². The van der Waals surface area contributed by atoms with Crippen molar-refractivity contribution in [3.8, 4) is 33.9 Å². The fourth-order valence-electron chi connectivity index (χ4n) is 3.48. The van der Waals surface area contributed by atoms with Crippen LogP contribution in [0.4, 0.5) is 0 Å². The third-order valence-electron chi connectivity index (χ3n) is 4.91. The van der Waals surface area contributed by atoms with Crippen molar-refractivity contribution in [3.63, 3.8) is 0 Å². The Labute approximate surface area is 172 Å². The van der Waals surface area contributed by atoms with Crippen molar-refractivity contribution < 1.29 is 0 Å². The third-order valence-corrected chi connectivity index (χ3v) is 5.44. The molecule has 1 heterocycles.